The van der Waals surface area contributed by atoms with Crippen LogP contribution in [0.1, 0.15) is 25.7 Å². The van der Waals surface area contributed by atoms with Crippen molar-refractivity contribution in [3.05, 3.63) is 30.3 Å². The van der Waals surface area contributed by atoms with Crippen LogP contribution in [0.2, 0.25) is 0 Å². The van der Waals surface area contributed by atoms with E-state index in [-0.39, 0.29) is 30.8 Å². The van der Waals surface area contributed by atoms with Gasteiger partial charge in [-0.1, -0.05) is 31.0 Å². The molecule has 2 rings (SSSR count). The molecule has 0 heterocycles. The molecule has 1 aromatic carbocycles. The van der Waals surface area contributed by atoms with Crippen LogP contribution in [0, 0.1) is 5.41 Å². The Balaban J connectivity index is 0.00000242. The summed E-state index contributed by atoms with van der Waals surface area (Å²) in [7, 11) is 1.67. The molecule has 3 N–H and O–H groups in total. The van der Waals surface area contributed by atoms with Crippen LogP contribution in [0.4, 0.5) is 5.69 Å². The van der Waals surface area contributed by atoms with Crippen LogP contribution in [0.15, 0.2) is 30.3 Å². The Labute approximate surface area is 137 Å². The van der Waals surface area contributed by atoms with Crippen molar-refractivity contribution in [2.24, 2.45) is 11.1 Å². The normalized spacial score (nSPS) is 15.7. The largest absolute Gasteiger partial charge is 0.336 e. The van der Waals surface area contributed by atoms with Crippen molar-refractivity contribution in [2.75, 3.05) is 25.5 Å². The molecule has 0 atom stereocenters. The minimum absolute atomic E-state index is 0. The van der Waals surface area contributed by atoms with Crippen LogP contribution in [0.5, 0.6) is 0 Å². The summed E-state index contributed by atoms with van der Waals surface area (Å²) in [5.41, 5.74) is 6.09. The first kappa shape index (κ1) is 18.5. The number of para-hydroxylation sites is 1. The lowest BCUT2D eigenvalue weighted by molar-refractivity contribution is -0.142. The highest BCUT2D eigenvalue weighted by molar-refractivity contribution is 5.95. The summed E-state index contributed by atoms with van der Waals surface area (Å²) >= 11 is 0. The SMILES string of the molecule is CN(CC(=O)Nc1ccccc1)C(=O)C1(CN)CCCC1.Cl. The highest BCUT2D eigenvalue weighted by atomic mass is 35.5. The predicted molar refractivity (Wildman–Crippen MR) is 89.9 cm³/mol. The first-order valence-corrected chi connectivity index (χ1v) is 7.38. The molecule has 6 heteroatoms. The lowest BCUT2D eigenvalue weighted by Crippen LogP contribution is -2.47. The molecule has 1 aliphatic rings. The third-order valence-corrected chi connectivity index (χ3v) is 4.19. The number of amides is 2. The smallest absolute Gasteiger partial charge is 0.243 e. The Hall–Kier alpha value is -1.59. The number of halogens is 1. The molecule has 0 radical (unpaired) electrons. The molecule has 2 amide bonds. The predicted octanol–water partition coefficient (Wildman–Crippen LogP) is 2.02. The molecule has 0 aromatic heterocycles. The van der Waals surface area contributed by atoms with Crippen LogP contribution in [0.25, 0.3) is 0 Å². The van der Waals surface area contributed by atoms with Crippen LogP contribution in [-0.2, 0) is 9.59 Å². The summed E-state index contributed by atoms with van der Waals surface area (Å²) in [6.45, 7) is 0.409. The minimum Gasteiger partial charge on any atom is -0.336 e. The fourth-order valence-electron chi connectivity index (χ4n) is 2.97. The molecule has 0 unspecified atom stereocenters. The number of nitrogens with two attached hydrogens (primary N) is 1. The number of hydrogen-bond donors (Lipinski definition) is 2. The van der Waals surface area contributed by atoms with Gasteiger partial charge in [0.25, 0.3) is 0 Å². The number of carbonyl (C=O) groups excluding carboxylic acids is 2. The second kappa shape index (κ2) is 8.15. The number of benzene rings is 1. The number of nitrogens with zero attached hydrogens (tertiary/aromatic N) is 1. The van der Waals surface area contributed by atoms with E-state index in [1.807, 2.05) is 30.3 Å². The van der Waals surface area contributed by atoms with Gasteiger partial charge >= 0.3 is 0 Å². The standard InChI is InChI=1S/C16H23N3O2.ClH/c1-19(15(21)16(12-17)9-5-6-10-16)11-14(20)18-13-7-3-2-4-8-13;/h2-4,7-8H,5-6,9-12,17H2,1H3,(H,18,20);1H. The van der Waals surface area contributed by atoms with E-state index in [1.54, 1.807) is 7.05 Å². The Bertz CT molecular complexity index is 501. The van der Waals surface area contributed by atoms with E-state index in [4.69, 9.17) is 5.73 Å². The number of anilines is 1. The Morgan fingerprint density at radius 1 is 1.23 bits per heavy atom. The van der Waals surface area contributed by atoms with Gasteiger partial charge in [-0.05, 0) is 25.0 Å². The Morgan fingerprint density at radius 2 is 1.82 bits per heavy atom. The third kappa shape index (κ3) is 4.21. The quantitative estimate of drug-likeness (QED) is 0.869. The van der Waals surface area contributed by atoms with Crippen molar-refractivity contribution in [1.82, 2.24) is 4.90 Å². The Morgan fingerprint density at radius 3 is 2.36 bits per heavy atom. The van der Waals surface area contributed by atoms with Crippen molar-refractivity contribution in [1.29, 1.82) is 0 Å². The van der Waals surface area contributed by atoms with Crippen molar-refractivity contribution >= 4 is 29.9 Å². The molecule has 22 heavy (non-hydrogen) atoms. The fraction of sp³-hybridized carbons (Fsp3) is 0.500. The van der Waals surface area contributed by atoms with E-state index < -0.39 is 5.41 Å². The van der Waals surface area contributed by atoms with Gasteiger partial charge in [0.2, 0.25) is 11.8 Å². The zero-order valence-electron chi connectivity index (χ0n) is 12.9. The second-order valence-corrected chi connectivity index (χ2v) is 5.77. The first-order chi connectivity index (χ1) is 10.1. The molecule has 5 nitrogen and oxygen atoms in total. The number of carbonyl (C=O) groups is 2. The van der Waals surface area contributed by atoms with Gasteiger partial charge in [-0.3, -0.25) is 9.59 Å². The summed E-state index contributed by atoms with van der Waals surface area (Å²) < 4.78 is 0. The maximum Gasteiger partial charge on any atom is 0.243 e. The molecule has 0 saturated heterocycles. The summed E-state index contributed by atoms with van der Waals surface area (Å²) in [4.78, 5) is 26.0. The first-order valence-electron chi connectivity index (χ1n) is 7.38. The van der Waals surface area contributed by atoms with Gasteiger partial charge in [0.05, 0.1) is 12.0 Å². The van der Waals surface area contributed by atoms with E-state index in [0.29, 0.717) is 6.54 Å². The highest BCUT2D eigenvalue weighted by Crippen LogP contribution is 2.38. The minimum atomic E-state index is -0.457. The zero-order chi connectivity index (χ0) is 15.3. The van der Waals surface area contributed by atoms with E-state index in [1.165, 1.54) is 4.90 Å². The van der Waals surface area contributed by atoms with Gasteiger partial charge < -0.3 is 16.0 Å². The average molecular weight is 326 g/mol. The molecule has 1 aromatic rings. The van der Waals surface area contributed by atoms with Gasteiger partial charge in [-0.25, -0.2) is 0 Å². The average Bonchev–Trinajstić information content (AvgIpc) is 2.97. The monoisotopic (exact) mass is 325 g/mol. The van der Waals surface area contributed by atoms with Gasteiger partial charge in [0.1, 0.15) is 0 Å². The van der Waals surface area contributed by atoms with E-state index >= 15 is 0 Å². The molecule has 0 aliphatic heterocycles. The molecule has 1 aliphatic carbocycles. The molecular formula is C16H24ClN3O2. The van der Waals surface area contributed by atoms with Gasteiger partial charge in [0.15, 0.2) is 0 Å². The van der Waals surface area contributed by atoms with Gasteiger partial charge in [-0.15, -0.1) is 12.4 Å². The van der Waals surface area contributed by atoms with Crippen molar-refractivity contribution < 1.29 is 9.59 Å². The summed E-state index contributed by atoms with van der Waals surface area (Å²) in [5.74, 6) is -0.201. The summed E-state index contributed by atoms with van der Waals surface area (Å²) in [6.07, 6.45) is 3.72. The van der Waals surface area contributed by atoms with Crippen LogP contribution < -0.4 is 11.1 Å². The molecule has 0 spiro atoms. The van der Waals surface area contributed by atoms with E-state index in [9.17, 15) is 9.59 Å². The molecule has 1 fully saturated rings. The number of likely N-dealkylation sites (N-methyl/N-ethyl adjacent to an activating group) is 1. The van der Waals surface area contributed by atoms with E-state index in [2.05, 4.69) is 5.32 Å². The Kier molecular flexibility index (Phi) is 6.84. The van der Waals surface area contributed by atoms with Crippen molar-refractivity contribution in [3.63, 3.8) is 0 Å². The zero-order valence-corrected chi connectivity index (χ0v) is 13.7. The fourth-order valence-corrected chi connectivity index (χ4v) is 2.97. The van der Waals surface area contributed by atoms with Crippen molar-refractivity contribution in [3.8, 4) is 0 Å². The number of nitrogens with one attached hydrogen (secondary N) is 1. The van der Waals surface area contributed by atoms with Crippen molar-refractivity contribution in [2.45, 2.75) is 25.7 Å². The maximum absolute atomic E-state index is 12.6. The molecular weight excluding hydrogens is 302 g/mol. The lowest BCUT2D eigenvalue weighted by Gasteiger charge is -2.30. The topological polar surface area (TPSA) is 75.4 Å². The number of hydrogen-bond acceptors (Lipinski definition) is 3. The highest BCUT2D eigenvalue weighted by Gasteiger charge is 2.41. The van der Waals surface area contributed by atoms with Crippen LogP contribution in [0.3, 0.4) is 0 Å². The lowest BCUT2D eigenvalue weighted by atomic mass is 9.85. The maximum atomic E-state index is 12.6. The summed E-state index contributed by atoms with van der Waals surface area (Å²) in [5, 5.41) is 2.78. The summed E-state index contributed by atoms with van der Waals surface area (Å²) in [6, 6.07) is 9.23. The molecule has 1 saturated carbocycles. The van der Waals surface area contributed by atoms with Gasteiger partial charge in [0, 0.05) is 19.3 Å². The number of rotatable bonds is 5. The second-order valence-electron chi connectivity index (χ2n) is 5.77. The van der Waals surface area contributed by atoms with E-state index in [0.717, 1.165) is 31.4 Å². The molecule has 0 bridgehead atoms. The molecule has 122 valence electrons. The van der Waals surface area contributed by atoms with Gasteiger partial charge in [-0.2, -0.15) is 0 Å². The third-order valence-electron chi connectivity index (χ3n) is 4.19. The van der Waals surface area contributed by atoms with Crippen LogP contribution >= 0.6 is 12.4 Å². The van der Waals surface area contributed by atoms with Crippen LogP contribution in [-0.4, -0.2) is 36.9 Å².